The van der Waals surface area contributed by atoms with E-state index in [-0.39, 0.29) is 29.3 Å². The average molecular weight is 810 g/mol. The number of aromatic nitrogens is 6. The molecule has 60 heavy (non-hydrogen) atoms. The Bertz CT molecular complexity index is 2570. The molecule has 3 aromatic heterocycles. The first-order chi connectivity index (χ1) is 29.1. The summed E-state index contributed by atoms with van der Waals surface area (Å²) in [5.41, 5.74) is 12.3. The zero-order chi connectivity index (χ0) is 40.9. The molecule has 4 N–H and O–H groups in total. The molecule has 6 aliphatic rings. The number of phenolic OH excluding ortho intramolecular Hbond substituents is 1. The van der Waals surface area contributed by atoms with Crippen LogP contribution in [-0.2, 0) is 22.2 Å². The van der Waals surface area contributed by atoms with Gasteiger partial charge in [-0.1, -0.05) is 18.2 Å². The number of hydrogen-bond acceptors (Lipinski definition) is 12. The number of aromatic hydroxyl groups is 1. The topological polar surface area (TPSA) is 181 Å². The standard InChI is InChI=1S/C45H51N11O4/c1-52-36-20-28(8-11-34(36)55(44(52)60)35-12-13-40(58)49-43(35)59)26-6-9-29(10-7-26)53-18-15-27(16-19-53)42-47-17-14-39(48-42)45-22-30-24-54(25-31(23-45)56(30)45)37-21-33(50-51-41(37)46)32-4-2-3-5-38(32)57/h2-5,8,11,14,17,20-21,26-27,29-31,35,57H,6-7,9-10,12-13,15-16,18-19,22-25H2,1H3,(H2,46,51)(H,49,58,59). The van der Waals surface area contributed by atoms with E-state index in [1.807, 2.05) is 30.5 Å². The zero-order valence-corrected chi connectivity index (χ0v) is 33.9. The third kappa shape index (κ3) is 5.94. The summed E-state index contributed by atoms with van der Waals surface area (Å²) in [6.45, 7) is 3.85. The molecule has 5 aromatic rings. The largest absolute Gasteiger partial charge is 0.507 e. The molecule has 15 nitrogen and oxygen atoms in total. The molecule has 0 spiro atoms. The summed E-state index contributed by atoms with van der Waals surface area (Å²) in [7, 11) is 1.77. The number of phenols is 1. The predicted molar refractivity (Wildman–Crippen MR) is 225 cm³/mol. The van der Waals surface area contributed by atoms with Crippen molar-refractivity contribution in [2.24, 2.45) is 7.05 Å². The fourth-order valence-corrected chi connectivity index (χ4v) is 11.9. The van der Waals surface area contributed by atoms with Gasteiger partial charge in [-0.3, -0.25) is 28.9 Å². The lowest BCUT2D eigenvalue weighted by molar-refractivity contribution is -0.214. The van der Waals surface area contributed by atoms with Gasteiger partial charge in [-0.15, -0.1) is 10.2 Å². The van der Waals surface area contributed by atoms with Crippen LogP contribution >= 0.6 is 0 Å². The number of para-hydroxylation sites is 1. The second-order valence-corrected chi connectivity index (χ2v) is 18.1. The van der Waals surface area contributed by atoms with E-state index in [0.717, 1.165) is 100 Å². The van der Waals surface area contributed by atoms with Crippen molar-refractivity contribution in [3.8, 4) is 17.0 Å². The fourth-order valence-electron chi connectivity index (χ4n) is 11.9. The Morgan fingerprint density at radius 2 is 1.60 bits per heavy atom. The minimum absolute atomic E-state index is 0.00179. The number of imidazole rings is 1. The van der Waals surface area contributed by atoms with Crippen LogP contribution in [0, 0.1) is 0 Å². The number of imide groups is 1. The van der Waals surface area contributed by atoms with Crippen molar-refractivity contribution in [3.05, 3.63) is 88.4 Å². The molecule has 2 aromatic carbocycles. The summed E-state index contributed by atoms with van der Waals surface area (Å²) in [5, 5.41) is 21.4. The lowest BCUT2D eigenvalue weighted by Gasteiger charge is -2.73. The number of anilines is 2. The SMILES string of the molecule is Cn1c(=O)n(C2CCC(=O)NC2=O)c2ccc(C3CCC(N4CCC(c5nccc(C67CC8CN(c9cc(-c%10ccccc%10O)nnc9N)CC(C6)N87)n5)CC4)CC3)cc21. The van der Waals surface area contributed by atoms with Crippen molar-refractivity contribution >= 4 is 34.4 Å². The van der Waals surface area contributed by atoms with Gasteiger partial charge in [0.1, 0.15) is 17.6 Å². The Morgan fingerprint density at radius 1 is 0.833 bits per heavy atom. The number of hydrogen-bond donors (Lipinski definition) is 3. The highest BCUT2D eigenvalue weighted by Crippen LogP contribution is 2.60. The molecular formula is C45H51N11O4. The molecule has 310 valence electrons. The highest BCUT2D eigenvalue weighted by molar-refractivity contribution is 6.00. The van der Waals surface area contributed by atoms with E-state index in [1.165, 1.54) is 11.3 Å². The zero-order valence-electron chi connectivity index (χ0n) is 33.9. The van der Waals surface area contributed by atoms with Crippen molar-refractivity contribution < 1.29 is 14.7 Å². The molecule has 11 rings (SSSR count). The Labute approximate surface area is 347 Å². The van der Waals surface area contributed by atoms with Crippen molar-refractivity contribution in [1.29, 1.82) is 0 Å². The van der Waals surface area contributed by atoms with Crippen molar-refractivity contribution in [2.75, 3.05) is 36.8 Å². The molecule has 3 atom stereocenters. The van der Waals surface area contributed by atoms with Crippen LogP contribution in [0.1, 0.15) is 99.2 Å². The van der Waals surface area contributed by atoms with Crippen molar-refractivity contribution in [3.63, 3.8) is 0 Å². The monoisotopic (exact) mass is 809 g/mol. The Morgan fingerprint density at radius 3 is 2.35 bits per heavy atom. The van der Waals surface area contributed by atoms with E-state index in [4.69, 9.17) is 15.7 Å². The second kappa shape index (κ2) is 14.2. The number of piperidine rings is 3. The summed E-state index contributed by atoms with van der Waals surface area (Å²) in [6, 6.07) is 18.3. The van der Waals surface area contributed by atoms with Crippen LogP contribution in [0.5, 0.6) is 5.75 Å². The van der Waals surface area contributed by atoms with Crippen LogP contribution in [0.4, 0.5) is 11.5 Å². The van der Waals surface area contributed by atoms with E-state index >= 15 is 0 Å². The van der Waals surface area contributed by atoms with E-state index in [2.05, 4.69) is 48.4 Å². The van der Waals surface area contributed by atoms with Gasteiger partial charge in [0.05, 0.1) is 33.6 Å². The number of piperazine rings is 1. The molecule has 5 aliphatic heterocycles. The number of benzene rings is 2. The lowest BCUT2D eigenvalue weighted by Crippen LogP contribution is -2.82. The van der Waals surface area contributed by atoms with Crippen molar-refractivity contribution in [1.82, 2.24) is 44.4 Å². The van der Waals surface area contributed by atoms with Crippen LogP contribution in [0.15, 0.2) is 65.6 Å². The number of aryl methyl sites for hydroxylation is 1. The molecule has 6 fully saturated rings. The Kier molecular flexibility index (Phi) is 8.85. The van der Waals surface area contributed by atoms with Crippen LogP contribution in [-0.4, -0.2) is 100 Å². The number of likely N-dealkylation sites (tertiary alicyclic amines) is 1. The van der Waals surface area contributed by atoms with E-state index in [9.17, 15) is 19.5 Å². The number of carbonyl (C=O) groups is 2. The first-order valence-corrected chi connectivity index (χ1v) is 21.7. The molecule has 0 radical (unpaired) electrons. The quantitative estimate of drug-likeness (QED) is 0.199. The highest BCUT2D eigenvalue weighted by Gasteiger charge is 2.66. The molecule has 1 aliphatic carbocycles. The first-order valence-electron chi connectivity index (χ1n) is 21.7. The third-order valence-corrected chi connectivity index (χ3v) is 15.0. The van der Waals surface area contributed by atoms with Crippen molar-refractivity contribution in [2.45, 2.75) is 106 Å². The first kappa shape index (κ1) is 37.3. The van der Waals surface area contributed by atoms with Gasteiger partial charge in [-0.05, 0) is 119 Å². The minimum atomic E-state index is -0.672. The number of fused-ring (bicyclic) bond motifs is 1. The van der Waals surface area contributed by atoms with E-state index in [1.54, 1.807) is 28.3 Å². The number of nitrogens with two attached hydrogens (primary N) is 1. The average Bonchev–Trinajstić information content (AvgIpc) is 3.49. The normalized spacial score (nSPS) is 28.6. The van der Waals surface area contributed by atoms with Gasteiger partial charge in [0.25, 0.3) is 0 Å². The van der Waals surface area contributed by atoms with Gasteiger partial charge < -0.3 is 20.6 Å². The number of amides is 2. The van der Waals surface area contributed by atoms with Crippen LogP contribution in [0.2, 0.25) is 0 Å². The number of rotatable bonds is 7. The van der Waals surface area contributed by atoms with Gasteiger partial charge in [-0.25, -0.2) is 14.8 Å². The summed E-state index contributed by atoms with van der Waals surface area (Å²) >= 11 is 0. The van der Waals surface area contributed by atoms with Crippen LogP contribution < -0.4 is 21.6 Å². The number of nitrogens with one attached hydrogen (secondary N) is 1. The summed E-state index contributed by atoms with van der Waals surface area (Å²) in [4.78, 5) is 55.6. The fraction of sp³-hybridized carbons (Fsp3) is 0.489. The predicted octanol–water partition coefficient (Wildman–Crippen LogP) is 4.32. The maximum absolute atomic E-state index is 13.3. The summed E-state index contributed by atoms with van der Waals surface area (Å²) in [5.74, 6) is 1.70. The van der Waals surface area contributed by atoms with Gasteiger partial charge >= 0.3 is 5.69 Å². The van der Waals surface area contributed by atoms with E-state index in [0.29, 0.717) is 53.5 Å². The van der Waals surface area contributed by atoms with E-state index < -0.39 is 11.9 Å². The lowest BCUT2D eigenvalue weighted by atomic mass is 9.61. The summed E-state index contributed by atoms with van der Waals surface area (Å²) < 4.78 is 3.20. The number of carbonyl (C=O) groups excluding carboxylic acids is 2. The highest BCUT2D eigenvalue weighted by atomic mass is 16.3. The molecule has 3 unspecified atom stereocenters. The van der Waals surface area contributed by atoms with Gasteiger partial charge in [-0.2, -0.15) is 0 Å². The van der Waals surface area contributed by atoms with Gasteiger partial charge in [0.2, 0.25) is 11.8 Å². The molecule has 1 saturated carbocycles. The number of nitrogen functional groups attached to an aromatic ring is 1. The third-order valence-electron chi connectivity index (χ3n) is 15.0. The maximum Gasteiger partial charge on any atom is 0.329 e. The summed E-state index contributed by atoms with van der Waals surface area (Å²) in [6.07, 6.45) is 11.3. The second-order valence-electron chi connectivity index (χ2n) is 18.1. The molecule has 0 bridgehead atoms. The van der Waals surface area contributed by atoms with Gasteiger partial charge in [0, 0.05) is 62.4 Å². The molecular weight excluding hydrogens is 759 g/mol. The Hall–Kier alpha value is -5.67. The molecule has 2 amide bonds. The molecule has 5 saturated heterocycles. The van der Waals surface area contributed by atoms with Crippen LogP contribution in [0.3, 0.4) is 0 Å². The minimum Gasteiger partial charge on any atom is -0.507 e. The van der Waals surface area contributed by atoms with Gasteiger partial charge in [0.15, 0.2) is 5.82 Å². The maximum atomic E-state index is 13.3. The number of nitrogens with zero attached hydrogens (tertiary/aromatic N) is 9. The molecule has 15 heteroatoms. The Balaban J connectivity index is 0.700. The van der Waals surface area contributed by atoms with Crippen LogP contribution in [0.25, 0.3) is 22.3 Å². The molecule has 8 heterocycles. The smallest absolute Gasteiger partial charge is 0.329 e.